The fourth-order valence-corrected chi connectivity index (χ4v) is 2.77. The maximum absolute atomic E-state index is 11.4. The molecule has 0 radical (unpaired) electrons. The lowest BCUT2D eigenvalue weighted by Gasteiger charge is -2.12. The van der Waals surface area contributed by atoms with Crippen molar-refractivity contribution in [3.8, 4) is 0 Å². The standard InChI is InChI=1S/C16H13N3O/c20-14-8-6-10-5-7-13(18-16(10)19-14)15-12-4-2-1-3-11(12)9-17-15/h1-8,15,17H,9H2,(H,18,19,20). The van der Waals surface area contributed by atoms with E-state index in [1.807, 2.05) is 24.3 Å². The minimum Gasteiger partial charge on any atom is -0.307 e. The molecule has 4 nitrogen and oxygen atoms in total. The molecule has 0 saturated heterocycles. The molecule has 98 valence electrons. The van der Waals surface area contributed by atoms with Crippen molar-refractivity contribution < 1.29 is 0 Å². The summed E-state index contributed by atoms with van der Waals surface area (Å²) in [5.74, 6) is 0. The molecule has 4 heteroatoms. The van der Waals surface area contributed by atoms with E-state index >= 15 is 0 Å². The van der Waals surface area contributed by atoms with Crippen molar-refractivity contribution in [3.05, 3.63) is 75.7 Å². The molecule has 0 aliphatic carbocycles. The van der Waals surface area contributed by atoms with Crippen molar-refractivity contribution in [2.45, 2.75) is 12.6 Å². The van der Waals surface area contributed by atoms with E-state index in [1.165, 1.54) is 17.2 Å². The molecule has 2 N–H and O–H groups in total. The van der Waals surface area contributed by atoms with E-state index in [4.69, 9.17) is 0 Å². The first-order chi connectivity index (χ1) is 9.81. The molecule has 20 heavy (non-hydrogen) atoms. The second-order valence-corrected chi connectivity index (χ2v) is 5.01. The van der Waals surface area contributed by atoms with Crippen LogP contribution in [0.1, 0.15) is 22.9 Å². The molecule has 4 rings (SSSR count). The molecule has 0 amide bonds. The fraction of sp³-hybridized carbons (Fsp3) is 0.125. The van der Waals surface area contributed by atoms with Gasteiger partial charge in [0, 0.05) is 18.0 Å². The number of hydrogen-bond acceptors (Lipinski definition) is 3. The lowest BCUT2D eigenvalue weighted by atomic mass is 10.0. The summed E-state index contributed by atoms with van der Waals surface area (Å²) in [7, 11) is 0. The number of rotatable bonds is 1. The van der Waals surface area contributed by atoms with Gasteiger partial charge in [0.25, 0.3) is 0 Å². The second-order valence-electron chi connectivity index (χ2n) is 5.01. The first-order valence-corrected chi connectivity index (χ1v) is 6.62. The van der Waals surface area contributed by atoms with Gasteiger partial charge in [-0.2, -0.15) is 0 Å². The number of nitrogens with one attached hydrogen (secondary N) is 2. The van der Waals surface area contributed by atoms with Crippen molar-refractivity contribution in [2.75, 3.05) is 0 Å². The summed E-state index contributed by atoms with van der Waals surface area (Å²) in [6.07, 6.45) is 0. The van der Waals surface area contributed by atoms with Gasteiger partial charge in [-0.1, -0.05) is 24.3 Å². The Bertz CT molecular complexity index is 853. The third-order valence-corrected chi connectivity index (χ3v) is 3.76. The molecule has 3 heterocycles. The first-order valence-electron chi connectivity index (χ1n) is 6.62. The number of pyridine rings is 2. The average Bonchev–Trinajstić information content (AvgIpc) is 2.90. The number of aromatic nitrogens is 2. The maximum Gasteiger partial charge on any atom is 0.249 e. The van der Waals surface area contributed by atoms with Gasteiger partial charge < -0.3 is 10.3 Å². The van der Waals surface area contributed by atoms with Crippen molar-refractivity contribution >= 4 is 11.0 Å². The Hall–Kier alpha value is -2.46. The molecule has 1 atom stereocenters. The third kappa shape index (κ3) is 1.73. The zero-order valence-corrected chi connectivity index (χ0v) is 10.8. The van der Waals surface area contributed by atoms with Gasteiger partial charge in [0.2, 0.25) is 5.56 Å². The minimum absolute atomic E-state index is 0.0966. The Labute approximate surface area is 115 Å². The zero-order chi connectivity index (χ0) is 13.5. The molecule has 0 fully saturated rings. The fourth-order valence-electron chi connectivity index (χ4n) is 2.77. The number of fused-ring (bicyclic) bond motifs is 2. The van der Waals surface area contributed by atoms with Crippen LogP contribution in [0.5, 0.6) is 0 Å². The zero-order valence-electron chi connectivity index (χ0n) is 10.8. The molecule has 2 aromatic heterocycles. The number of H-pyrrole nitrogens is 1. The number of hydrogen-bond donors (Lipinski definition) is 2. The van der Waals surface area contributed by atoms with Crippen molar-refractivity contribution in [2.24, 2.45) is 0 Å². The molecular formula is C16H13N3O. The SMILES string of the molecule is O=c1ccc2ccc(C3NCc4ccccc43)nc2[nH]1. The Morgan fingerprint density at radius 1 is 1.05 bits per heavy atom. The van der Waals surface area contributed by atoms with Crippen LogP contribution in [0.2, 0.25) is 0 Å². The molecule has 1 unspecified atom stereocenters. The van der Waals surface area contributed by atoms with Crippen LogP contribution in [0, 0.1) is 0 Å². The van der Waals surface area contributed by atoms with Crippen molar-refractivity contribution in [3.63, 3.8) is 0 Å². The van der Waals surface area contributed by atoms with Gasteiger partial charge in [0.1, 0.15) is 5.65 Å². The second kappa shape index (κ2) is 4.28. The molecule has 0 bridgehead atoms. The summed E-state index contributed by atoms with van der Waals surface area (Å²) in [6, 6.07) is 15.8. The Morgan fingerprint density at radius 2 is 1.90 bits per heavy atom. The summed E-state index contributed by atoms with van der Waals surface area (Å²) in [5, 5.41) is 4.41. The topological polar surface area (TPSA) is 57.8 Å². The maximum atomic E-state index is 11.4. The number of benzene rings is 1. The van der Waals surface area contributed by atoms with Gasteiger partial charge in [-0.3, -0.25) is 4.79 Å². The van der Waals surface area contributed by atoms with Gasteiger partial charge >= 0.3 is 0 Å². The lowest BCUT2D eigenvalue weighted by Crippen LogP contribution is -2.15. The van der Waals surface area contributed by atoms with Crippen molar-refractivity contribution in [1.29, 1.82) is 0 Å². The molecule has 1 aromatic carbocycles. The Morgan fingerprint density at radius 3 is 2.85 bits per heavy atom. The predicted molar refractivity (Wildman–Crippen MR) is 77.5 cm³/mol. The highest BCUT2D eigenvalue weighted by atomic mass is 16.1. The van der Waals surface area contributed by atoms with Gasteiger partial charge in [-0.25, -0.2) is 4.98 Å². The lowest BCUT2D eigenvalue weighted by molar-refractivity contribution is 0.652. The number of aromatic amines is 1. The van der Waals surface area contributed by atoms with E-state index in [-0.39, 0.29) is 11.6 Å². The average molecular weight is 263 g/mol. The minimum atomic E-state index is -0.123. The molecule has 3 aromatic rings. The molecule has 1 aliphatic heterocycles. The van der Waals surface area contributed by atoms with Gasteiger partial charge in [0.15, 0.2) is 0 Å². The number of nitrogens with zero attached hydrogens (tertiary/aromatic N) is 1. The van der Waals surface area contributed by atoms with Crippen LogP contribution in [0.3, 0.4) is 0 Å². The third-order valence-electron chi connectivity index (χ3n) is 3.76. The van der Waals surface area contributed by atoms with Crippen LogP contribution in [0.15, 0.2) is 53.3 Å². The van der Waals surface area contributed by atoms with Gasteiger partial charge in [-0.15, -0.1) is 0 Å². The quantitative estimate of drug-likeness (QED) is 0.707. The summed E-state index contributed by atoms with van der Waals surface area (Å²) in [6.45, 7) is 0.853. The Balaban J connectivity index is 1.85. The summed E-state index contributed by atoms with van der Waals surface area (Å²) in [4.78, 5) is 18.8. The van der Waals surface area contributed by atoms with Crippen LogP contribution < -0.4 is 10.9 Å². The van der Waals surface area contributed by atoms with E-state index in [2.05, 4.69) is 27.4 Å². The molecule has 0 spiro atoms. The van der Waals surface area contributed by atoms with E-state index in [0.29, 0.717) is 5.65 Å². The van der Waals surface area contributed by atoms with Crippen LogP contribution in [-0.4, -0.2) is 9.97 Å². The normalized spacial score (nSPS) is 17.3. The smallest absolute Gasteiger partial charge is 0.249 e. The van der Waals surface area contributed by atoms with Crippen LogP contribution in [0.4, 0.5) is 0 Å². The largest absolute Gasteiger partial charge is 0.307 e. The van der Waals surface area contributed by atoms with Gasteiger partial charge in [0.05, 0.1) is 11.7 Å². The Kier molecular flexibility index (Phi) is 2.44. The van der Waals surface area contributed by atoms with Crippen molar-refractivity contribution in [1.82, 2.24) is 15.3 Å². The van der Waals surface area contributed by atoms with Gasteiger partial charge in [-0.05, 0) is 29.3 Å². The molecular weight excluding hydrogens is 250 g/mol. The van der Waals surface area contributed by atoms with Crippen LogP contribution in [0.25, 0.3) is 11.0 Å². The molecule has 0 saturated carbocycles. The van der Waals surface area contributed by atoms with E-state index < -0.39 is 0 Å². The van der Waals surface area contributed by atoms with E-state index in [1.54, 1.807) is 6.07 Å². The highest BCUT2D eigenvalue weighted by Crippen LogP contribution is 2.30. The molecule has 1 aliphatic rings. The summed E-state index contributed by atoms with van der Waals surface area (Å²) < 4.78 is 0. The summed E-state index contributed by atoms with van der Waals surface area (Å²) >= 11 is 0. The monoisotopic (exact) mass is 263 g/mol. The van der Waals surface area contributed by atoms with E-state index in [0.717, 1.165) is 17.6 Å². The summed E-state index contributed by atoms with van der Waals surface area (Å²) in [5.41, 5.74) is 4.02. The highest BCUT2D eigenvalue weighted by molar-refractivity contribution is 5.74. The first kappa shape index (κ1) is 11.4. The van der Waals surface area contributed by atoms with Crippen LogP contribution in [-0.2, 0) is 6.54 Å². The van der Waals surface area contributed by atoms with E-state index in [9.17, 15) is 4.79 Å². The highest BCUT2D eigenvalue weighted by Gasteiger charge is 2.23. The van der Waals surface area contributed by atoms with Crippen LogP contribution >= 0.6 is 0 Å². The predicted octanol–water partition coefficient (Wildman–Crippen LogP) is 2.12.